The van der Waals surface area contributed by atoms with E-state index >= 15 is 0 Å². The number of nitrogens with zero attached hydrogens (tertiary/aromatic N) is 3. The molecule has 2 aromatic rings. The van der Waals surface area contributed by atoms with E-state index in [-0.39, 0.29) is 22.9 Å². The first-order chi connectivity index (χ1) is 12.4. The average Bonchev–Trinajstić information content (AvgIpc) is 2.94. The zero-order chi connectivity index (χ0) is 20.2. The Morgan fingerprint density at radius 3 is 2.44 bits per heavy atom. The second-order valence-corrected chi connectivity index (χ2v) is 6.26. The summed E-state index contributed by atoms with van der Waals surface area (Å²) in [6.07, 6.45) is -10.2. The van der Waals surface area contributed by atoms with Crippen molar-refractivity contribution in [3.8, 4) is 5.69 Å². The minimum Gasteiger partial charge on any atom is -0.359 e. The Hall–Kier alpha value is -2.67. The van der Waals surface area contributed by atoms with Gasteiger partial charge in [0.2, 0.25) is 0 Å². The summed E-state index contributed by atoms with van der Waals surface area (Å²) in [5.74, 6) is -0.175. The lowest BCUT2D eigenvalue weighted by Crippen LogP contribution is -2.42. The Morgan fingerprint density at radius 2 is 1.93 bits per heavy atom. The molecular formula is C16H9ClF6N4. The number of anilines is 1. The van der Waals surface area contributed by atoms with Crippen molar-refractivity contribution in [2.24, 2.45) is 0 Å². The molecule has 3 rings (SSSR count). The lowest BCUT2D eigenvalue weighted by molar-refractivity contribution is -0.143. The molecular weight excluding hydrogens is 398 g/mol. The van der Waals surface area contributed by atoms with Gasteiger partial charge in [-0.05, 0) is 17.2 Å². The number of halogens is 7. The van der Waals surface area contributed by atoms with E-state index in [1.165, 1.54) is 6.07 Å². The Kier molecular flexibility index (Phi) is 4.19. The zero-order valence-electron chi connectivity index (χ0n) is 13.2. The van der Waals surface area contributed by atoms with Crippen molar-refractivity contribution in [2.75, 3.05) is 5.32 Å². The molecule has 4 nitrogen and oxygen atoms in total. The van der Waals surface area contributed by atoms with Crippen LogP contribution in [0.15, 0.2) is 30.9 Å². The number of aromatic nitrogens is 2. The zero-order valence-corrected chi connectivity index (χ0v) is 14.0. The molecule has 1 N–H and O–H groups in total. The first-order valence-electron chi connectivity index (χ1n) is 7.28. The molecule has 0 bridgehead atoms. The van der Waals surface area contributed by atoms with Gasteiger partial charge in [-0.15, -0.1) is 11.3 Å². The molecule has 1 aliphatic rings. The highest BCUT2D eigenvalue weighted by Crippen LogP contribution is 2.48. The highest BCUT2D eigenvalue weighted by molar-refractivity contribution is 6.32. The lowest BCUT2D eigenvalue weighted by Gasteiger charge is -2.38. The van der Waals surface area contributed by atoms with E-state index < -0.39 is 34.9 Å². The van der Waals surface area contributed by atoms with E-state index in [1.807, 2.05) is 0 Å². The molecule has 0 saturated carbocycles. The third-order valence-electron chi connectivity index (χ3n) is 4.07. The molecule has 1 atom stereocenters. The van der Waals surface area contributed by atoms with Crippen molar-refractivity contribution in [3.05, 3.63) is 58.4 Å². The number of rotatable bonds is 2. The fraction of sp³-hybridized carbons (Fsp3) is 0.250. The normalized spacial score (nSPS) is 18.9. The summed E-state index contributed by atoms with van der Waals surface area (Å²) in [4.78, 5) is 3.09. The van der Waals surface area contributed by atoms with Crippen molar-refractivity contribution in [1.82, 2.24) is 9.78 Å². The van der Waals surface area contributed by atoms with Crippen molar-refractivity contribution >= 4 is 23.2 Å². The van der Waals surface area contributed by atoms with Crippen molar-refractivity contribution in [1.29, 1.82) is 0 Å². The van der Waals surface area contributed by atoms with Crippen LogP contribution in [0.25, 0.3) is 10.5 Å². The lowest BCUT2D eigenvalue weighted by atomic mass is 9.82. The van der Waals surface area contributed by atoms with Crippen LogP contribution >= 0.6 is 11.6 Å². The van der Waals surface area contributed by atoms with Crippen molar-refractivity contribution < 1.29 is 26.3 Å². The van der Waals surface area contributed by atoms with E-state index in [2.05, 4.69) is 21.8 Å². The van der Waals surface area contributed by atoms with Gasteiger partial charge in [0, 0.05) is 11.6 Å². The monoisotopic (exact) mass is 406 g/mol. The van der Waals surface area contributed by atoms with Gasteiger partial charge in [-0.2, -0.15) is 26.3 Å². The van der Waals surface area contributed by atoms with Gasteiger partial charge in [-0.25, -0.2) is 0 Å². The topological polar surface area (TPSA) is 34.2 Å². The van der Waals surface area contributed by atoms with Crippen molar-refractivity contribution in [2.45, 2.75) is 24.3 Å². The van der Waals surface area contributed by atoms with Crippen LogP contribution in [0.4, 0.5) is 38.0 Å². The third kappa shape index (κ3) is 3.23. The Balaban J connectivity index is 2.37. The van der Waals surface area contributed by atoms with Crippen molar-refractivity contribution in [3.63, 3.8) is 0 Å². The molecule has 142 valence electrons. The molecule has 0 spiro atoms. The number of alkyl halides is 6. The molecule has 1 aromatic carbocycles. The molecule has 1 aromatic heterocycles. The first-order valence-corrected chi connectivity index (χ1v) is 7.65. The van der Waals surface area contributed by atoms with Gasteiger partial charge >= 0.3 is 12.4 Å². The number of hydrogen-bond donors (Lipinski definition) is 1. The maximum atomic E-state index is 13.2. The van der Waals surface area contributed by atoms with Crippen LogP contribution in [-0.4, -0.2) is 16.0 Å². The van der Waals surface area contributed by atoms with E-state index in [4.69, 9.17) is 18.2 Å². The summed E-state index contributed by atoms with van der Waals surface area (Å²) in [6, 6.07) is 2.37. The second kappa shape index (κ2) is 5.92. The molecule has 0 fully saturated rings. The smallest absolute Gasteiger partial charge is 0.359 e. The van der Waals surface area contributed by atoms with Crippen LogP contribution in [0, 0.1) is 6.57 Å². The Labute approximate surface area is 153 Å². The van der Waals surface area contributed by atoms with Crippen LogP contribution in [-0.2, 0) is 11.7 Å². The molecule has 1 aliphatic heterocycles. The summed E-state index contributed by atoms with van der Waals surface area (Å²) in [6.45, 7) is 10.4. The van der Waals surface area contributed by atoms with E-state index in [9.17, 15) is 26.3 Å². The van der Waals surface area contributed by atoms with Crippen LogP contribution < -0.4 is 5.32 Å². The van der Waals surface area contributed by atoms with Gasteiger partial charge in [0.1, 0.15) is 11.5 Å². The van der Waals surface area contributed by atoms with Gasteiger partial charge in [0.15, 0.2) is 0 Å². The molecule has 0 aliphatic carbocycles. The highest BCUT2D eigenvalue weighted by Gasteiger charge is 2.48. The van der Waals surface area contributed by atoms with Gasteiger partial charge < -0.3 is 10.2 Å². The summed E-state index contributed by atoms with van der Waals surface area (Å²) < 4.78 is 80.3. The second-order valence-electron chi connectivity index (χ2n) is 5.86. The van der Waals surface area contributed by atoms with E-state index in [1.54, 1.807) is 0 Å². The van der Waals surface area contributed by atoms with E-state index in [0.29, 0.717) is 12.1 Å². The van der Waals surface area contributed by atoms with E-state index in [0.717, 1.165) is 10.8 Å². The number of hydrogen-bond acceptors (Lipinski definition) is 2. The first kappa shape index (κ1) is 19.1. The summed E-state index contributed by atoms with van der Waals surface area (Å²) in [5, 5.41) is 5.96. The Morgan fingerprint density at radius 1 is 1.26 bits per heavy atom. The number of fused-ring (bicyclic) bond motifs is 3. The van der Waals surface area contributed by atoms with Gasteiger partial charge in [-0.1, -0.05) is 24.2 Å². The summed E-state index contributed by atoms with van der Waals surface area (Å²) in [7, 11) is 0. The molecule has 2 heterocycles. The summed E-state index contributed by atoms with van der Waals surface area (Å²) >= 11 is 6.01. The molecule has 0 saturated heterocycles. The van der Waals surface area contributed by atoms with Crippen LogP contribution in [0.1, 0.15) is 17.5 Å². The molecule has 27 heavy (non-hydrogen) atoms. The highest BCUT2D eigenvalue weighted by atomic mass is 35.5. The quantitative estimate of drug-likeness (QED) is 0.385. The Bertz CT molecular complexity index is 969. The minimum absolute atomic E-state index is 0.0145. The maximum absolute atomic E-state index is 13.2. The average molecular weight is 407 g/mol. The van der Waals surface area contributed by atoms with Gasteiger partial charge in [0.25, 0.3) is 5.82 Å². The van der Waals surface area contributed by atoms with Gasteiger partial charge in [-0.3, -0.25) is 0 Å². The molecule has 1 unspecified atom stereocenters. The summed E-state index contributed by atoms with van der Waals surface area (Å²) in [5.41, 5.74) is -3.88. The largest absolute Gasteiger partial charge is 0.416 e. The fourth-order valence-electron chi connectivity index (χ4n) is 2.99. The van der Waals surface area contributed by atoms with Gasteiger partial charge in [0.05, 0.1) is 22.5 Å². The van der Waals surface area contributed by atoms with Crippen LogP contribution in [0.5, 0.6) is 0 Å². The molecule has 11 heteroatoms. The maximum Gasteiger partial charge on any atom is 0.416 e. The van der Waals surface area contributed by atoms with Crippen LogP contribution in [0.2, 0.25) is 5.02 Å². The predicted molar refractivity (Wildman–Crippen MR) is 86.0 cm³/mol. The standard InChI is InChI=1S/C16H9ClF6N4/c1-3-14(7-15(18,19)20)9-4-8(16(21,22)23)5-10(17)13(9)27-12(25-14)6-11(24-2)26-27/h3-6,25H,1,7H2. The molecule has 0 amide bonds. The third-order valence-corrected chi connectivity index (χ3v) is 4.36. The number of nitrogens with one attached hydrogen (secondary N) is 1. The molecule has 0 radical (unpaired) electrons. The predicted octanol–water partition coefficient (Wildman–Crippen LogP) is 5.85. The van der Waals surface area contributed by atoms with Crippen LogP contribution in [0.3, 0.4) is 0 Å². The fourth-order valence-corrected chi connectivity index (χ4v) is 3.28. The SMILES string of the molecule is [C-]#[N+]c1cc2n(n1)-c1c(Cl)cc(C(F)(F)F)cc1C(C=C)(CC(F)(F)F)N2. The minimum atomic E-state index is -4.82. The number of benzene rings is 1.